The summed E-state index contributed by atoms with van der Waals surface area (Å²) in [6.45, 7) is 0.0240. The van der Waals surface area contributed by atoms with E-state index in [0.717, 1.165) is 31.8 Å². The second-order valence-electron chi connectivity index (χ2n) is 6.35. The molecule has 0 aliphatic heterocycles. The molecular weight excluding hydrogens is 323 g/mol. The third kappa shape index (κ3) is 6.66. The molecule has 1 atom stereocenters. The fourth-order valence-electron chi connectivity index (χ4n) is 3.20. The second-order valence-corrected chi connectivity index (χ2v) is 6.35. The number of amides is 2. The van der Waals surface area contributed by atoms with Crippen molar-refractivity contribution in [1.82, 2.24) is 5.32 Å². The summed E-state index contributed by atoms with van der Waals surface area (Å²) in [5, 5.41) is 14.7. The predicted octanol–water partition coefficient (Wildman–Crippen LogP) is 2.77. The first-order valence-corrected chi connectivity index (χ1v) is 8.74. The molecule has 1 aliphatic carbocycles. The van der Waals surface area contributed by atoms with Crippen LogP contribution in [0.5, 0.6) is 0 Å². The van der Waals surface area contributed by atoms with Crippen LogP contribution in [-0.2, 0) is 9.59 Å². The molecule has 5 nitrogen and oxygen atoms in total. The Morgan fingerprint density at radius 1 is 1.12 bits per heavy atom. The maximum Gasteiger partial charge on any atom is 0.248 e. The second kappa shape index (κ2) is 9.93. The van der Waals surface area contributed by atoms with Crippen molar-refractivity contribution in [1.29, 1.82) is 0 Å². The van der Waals surface area contributed by atoms with E-state index in [0.29, 0.717) is 18.0 Å². The van der Waals surface area contributed by atoms with E-state index >= 15 is 0 Å². The van der Waals surface area contributed by atoms with Crippen LogP contribution < -0.4 is 10.6 Å². The summed E-state index contributed by atoms with van der Waals surface area (Å²) < 4.78 is 12.8. The Bertz CT molecular complexity index is 595. The number of halogens is 1. The van der Waals surface area contributed by atoms with Crippen molar-refractivity contribution >= 4 is 17.5 Å². The van der Waals surface area contributed by atoms with E-state index < -0.39 is 5.91 Å². The molecule has 6 heteroatoms. The fraction of sp³-hybridized carbons (Fsp3) is 0.474. The summed E-state index contributed by atoms with van der Waals surface area (Å²) in [4.78, 5) is 23.9. The quantitative estimate of drug-likeness (QED) is 0.663. The lowest BCUT2D eigenvalue weighted by Crippen LogP contribution is -2.41. The molecule has 1 aromatic rings. The number of anilines is 1. The van der Waals surface area contributed by atoms with Crippen LogP contribution in [0.4, 0.5) is 10.1 Å². The van der Waals surface area contributed by atoms with E-state index in [9.17, 15) is 19.1 Å². The van der Waals surface area contributed by atoms with E-state index in [1.165, 1.54) is 36.8 Å². The van der Waals surface area contributed by atoms with Crippen molar-refractivity contribution in [2.24, 2.45) is 5.92 Å². The van der Waals surface area contributed by atoms with Gasteiger partial charge in [-0.1, -0.05) is 19.3 Å². The lowest BCUT2D eigenvalue weighted by Gasteiger charge is -2.30. The van der Waals surface area contributed by atoms with E-state index in [4.69, 9.17) is 0 Å². The zero-order chi connectivity index (χ0) is 18.1. The largest absolute Gasteiger partial charge is 0.396 e. The lowest BCUT2D eigenvalue weighted by atomic mass is 9.82. The molecule has 0 saturated heterocycles. The van der Waals surface area contributed by atoms with Crippen LogP contribution in [0, 0.1) is 11.7 Å². The maximum atomic E-state index is 12.8. The van der Waals surface area contributed by atoms with Crippen LogP contribution in [-0.4, -0.2) is 29.6 Å². The highest BCUT2D eigenvalue weighted by Gasteiger charge is 2.24. The van der Waals surface area contributed by atoms with Gasteiger partial charge in [-0.25, -0.2) is 4.39 Å². The lowest BCUT2D eigenvalue weighted by molar-refractivity contribution is -0.118. The van der Waals surface area contributed by atoms with Crippen LogP contribution in [0.15, 0.2) is 36.4 Å². The molecule has 0 bridgehead atoms. The molecule has 136 valence electrons. The number of aliphatic hydroxyl groups excluding tert-OH is 1. The number of carbonyl (C=O) groups is 2. The van der Waals surface area contributed by atoms with E-state index in [2.05, 4.69) is 10.6 Å². The summed E-state index contributed by atoms with van der Waals surface area (Å²) in [6.07, 6.45) is 8.49. The zero-order valence-corrected chi connectivity index (χ0v) is 14.2. The number of carbonyl (C=O) groups excluding carboxylic acids is 2. The highest BCUT2D eigenvalue weighted by Crippen LogP contribution is 2.27. The van der Waals surface area contributed by atoms with Crippen LogP contribution in [0.3, 0.4) is 0 Å². The van der Waals surface area contributed by atoms with Gasteiger partial charge in [0.05, 0.1) is 0 Å². The molecule has 1 aromatic carbocycles. The first-order valence-electron chi connectivity index (χ1n) is 8.74. The van der Waals surface area contributed by atoms with Crippen molar-refractivity contribution in [3.63, 3.8) is 0 Å². The van der Waals surface area contributed by atoms with Crippen molar-refractivity contribution in [3.8, 4) is 0 Å². The molecule has 1 saturated carbocycles. The Morgan fingerprint density at radius 3 is 2.40 bits per heavy atom. The van der Waals surface area contributed by atoms with Gasteiger partial charge in [-0.2, -0.15) is 0 Å². The van der Waals surface area contributed by atoms with Crippen LogP contribution in [0.25, 0.3) is 0 Å². The van der Waals surface area contributed by atoms with Gasteiger partial charge in [0.1, 0.15) is 5.82 Å². The Kier molecular flexibility index (Phi) is 7.60. The average Bonchev–Trinajstić information content (AvgIpc) is 2.62. The number of benzene rings is 1. The highest BCUT2D eigenvalue weighted by atomic mass is 19.1. The third-order valence-corrected chi connectivity index (χ3v) is 4.48. The van der Waals surface area contributed by atoms with E-state index in [1.54, 1.807) is 0 Å². The third-order valence-electron chi connectivity index (χ3n) is 4.48. The monoisotopic (exact) mass is 348 g/mol. The predicted molar refractivity (Wildman–Crippen MR) is 94.4 cm³/mol. The van der Waals surface area contributed by atoms with Gasteiger partial charge < -0.3 is 15.7 Å². The summed E-state index contributed by atoms with van der Waals surface area (Å²) in [5.74, 6) is -0.812. The Hall–Kier alpha value is -2.21. The molecule has 1 aliphatic rings. The first kappa shape index (κ1) is 19.1. The maximum absolute atomic E-state index is 12.8. The number of nitrogens with one attached hydrogen (secondary N) is 2. The van der Waals surface area contributed by atoms with E-state index in [1.807, 2.05) is 0 Å². The van der Waals surface area contributed by atoms with Gasteiger partial charge in [-0.15, -0.1) is 0 Å². The zero-order valence-electron chi connectivity index (χ0n) is 14.2. The molecular formula is C19H25FN2O3. The SMILES string of the molecule is O=C(/C=C/C(=O)NC(CCO)C1CCCCC1)Nc1ccc(F)cc1. The van der Waals surface area contributed by atoms with Crippen molar-refractivity contribution in [2.75, 3.05) is 11.9 Å². The minimum absolute atomic E-state index is 0.0240. The summed E-state index contributed by atoms with van der Waals surface area (Å²) in [5.41, 5.74) is 0.455. The molecule has 25 heavy (non-hydrogen) atoms. The molecule has 0 heterocycles. The molecule has 2 rings (SSSR count). The molecule has 0 aromatic heterocycles. The molecule has 2 amide bonds. The number of hydrogen-bond acceptors (Lipinski definition) is 3. The summed E-state index contributed by atoms with van der Waals surface area (Å²) in [7, 11) is 0. The number of hydrogen-bond donors (Lipinski definition) is 3. The molecule has 1 fully saturated rings. The van der Waals surface area contributed by atoms with Gasteiger partial charge in [0.2, 0.25) is 11.8 Å². The topological polar surface area (TPSA) is 78.4 Å². The Balaban J connectivity index is 1.84. The Labute approximate surface area is 147 Å². The van der Waals surface area contributed by atoms with Gasteiger partial charge >= 0.3 is 0 Å². The van der Waals surface area contributed by atoms with Crippen molar-refractivity contribution in [3.05, 3.63) is 42.2 Å². The van der Waals surface area contributed by atoms with E-state index in [-0.39, 0.29) is 24.4 Å². The number of rotatable bonds is 7. The van der Waals surface area contributed by atoms with Gasteiger partial charge in [0.25, 0.3) is 0 Å². The van der Waals surface area contributed by atoms with Crippen LogP contribution >= 0.6 is 0 Å². The molecule has 0 radical (unpaired) electrons. The minimum atomic E-state index is -0.460. The Morgan fingerprint density at radius 2 is 1.76 bits per heavy atom. The minimum Gasteiger partial charge on any atom is -0.396 e. The van der Waals surface area contributed by atoms with Gasteiger partial charge in [0.15, 0.2) is 0 Å². The normalized spacial score (nSPS) is 16.6. The van der Waals surface area contributed by atoms with Crippen LogP contribution in [0.1, 0.15) is 38.5 Å². The first-order chi connectivity index (χ1) is 12.1. The summed E-state index contributed by atoms with van der Waals surface area (Å²) in [6, 6.07) is 5.32. The van der Waals surface area contributed by atoms with Gasteiger partial charge in [-0.3, -0.25) is 9.59 Å². The smallest absolute Gasteiger partial charge is 0.248 e. The molecule has 0 spiro atoms. The molecule has 3 N–H and O–H groups in total. The molecule has 1 unspecified atom stereocenters. The summed E-state index contributed by atoms with van der Waals surface area (Å²) >= 11 is 0. The fourth-order valence-corrected chi connectivity index (χ4v) is 3.20. The number of aliphatic hydroxyl groups is 1. The van der Waals surface area contributed by atoms with Crippen LogP contribution in [0.2, 0.25) is 0 Å². The standard InChI is InChI=1S/C19H25FN2O3/c20-15-6-8-16(9-7-15)21-18(24)10-11-19(25)22-17(12-13-23)14-4-2-1-3-5-14/h6-11,14,17,23H,1-5,12-13H2,(H,21,24)(H,22,25)/b11-10+. The average molecular weight is 348 g/mol. The van der Waals surface area contributed by atoms with Gasteiger partial charge in [0, 0.05) is 30.5 Å². The van der Waals surface area contributed by atoms with Crippen molar-refractivity contribution < 1.29 is 19.1 Å². The van der Waals surface area contributed by atoms with Crippen molar-refractivity contribution in [2.45, 2.75) is 44.6 Å². The van der Waals surface area contributed by atoms with Gasteiger partial charge in [-0.05, 0) is 49.4 Å². The highest BCUT2D eigenvalue weighted by molar-refractivity contribution is 6.03.